The average Bonchev–Trinajstić information content (AvgIpc) is 2.77. The Bertz CT molecular complexity index is 719. The van der Waals surface area contributed by atoms with Gasteiger partial charge in [-0.2, -0.15) is 0 Å². The maximum Gasteiger partial charge on any atom is 0.438 e. The normalized spacial score (nSPS) is 11.8. The van der Waals surface area contributed by atoms with Crippen LogP contribution < -0.4 is 5.49 Å². The van der Waals surface area contributed by atoms with Crippen molar-refractivity contribution in [3.63, 3.8) is 0 Å². The van der Waals surface area contributed by atoms with Crippen molar-refractivity contribution in [2.45, 2.75) is 13.3 Å². The number of rotatable bonds is 5. The maximum absolute atomic E-state index is 11.0. The van der Waals surface area contributed by atoms with Gasteiger partial charge in [0.15, 0.2) is 0 Å². The van der Waals surface area contributed by atoms with Crippen molar-refractivity contribution in [3.05, 3.63) is 45.4 Å². The Hall–Kier alpha value is -2.68. The van der Waals surface area contributed by atoms with E-state index in [1.807, 2.05) is 13.0 Å². The average molecular weight is 293 g/mol. The number of benzene rings is 1. The van der Waals surface area contributed by atoms with Crippen molar-refractivity contribution in [2.75, 3.05) is 13.2 Å². The van der Waals surface area contributed by atoms with E-state index in [0.717, 1.165) is 10.4 Å². The summed E-state index contributed by atoms with van der Waals surface area (Å²) in [5.41, 5.74) is 1.14. The molecule has 0 saturated heterocycles. The Morgan fingerprint density at radius 1 is 1.48 bits per heavy atom. The van der Waals surface area contributed by atoms with E-state index in [0.29, 0.717) is 17.0 Å². The fourth-order valence-corrected chi connectivity index (χ4v) is 1.78. The van der Waals surface area contributed by atoms with E-state index in [1.165, 1.54) is 0 Å². The largest absolute Gasteiger partial charge is 0.438 e. The van der Waals surface area contributed by atoms with Crippen molar-refractivity contribution in [1.29, 1.82) is 0 Å². The number of aryl methyl sites for hydroxylation is 1. The van der Waals surface area contributed by atoms with Crippen molar-refractivity contribution in [1.82, 2.24) is 14.7 Å². The van der Waals surface area contributed by atoms with Gasteiger partial charge in [0.1, 0.15) is 5.69 Å². The first-order valence-corrected chi connectivity index (χ1v) is 6.29. The van der Waals surface area contributed by atoms with E-state index in [2.05, 4.69) is 10.1 Å². The third kappa shape index (κ3) is 3.08. The lowest BCUT2D eigenvalue weighted by Crippen LogP contribution is -2.22. The summed E-state index contributed by atoms with van der Waals surface area (Å²) >= 11 is 0. The number of aromatic nitrogens is 3. The van der Waals surface area contributed by atoms with E-state index >= 15 is 0 Å². The minimum absolute atomic E-state index is 0.0885. The molecule has 1 aromatic carbocycles. The lowest BCUT2D eigenvalue weighted by atomic mass is 10.2. The van der Waals surface area contributed by atoms with Crippen molar-refractivity contribution >= 4 is 5.82 Å². The van der Waals surface area contributed by atoms with Gasteiger partial charge in [0, 0.05) is 13.2 Å². The summed E-state index contributed by atoms with van der Waals surface area (Å²) in [4.78, 5) is 15.8. The maximum atomic E-state index is 11.0. The van der Waals surface area contributed by atoms with Crippen LogP contribution in [0.15, 0.2) is 29.3 Å². The van der Waals surface area contributed by atoms with Gasteiger partial charge in [-0.3, -0.25) is 4.99 Å². The Labute approximate surface area is 119 Å². The predicted molar refractivity (Wildman–Crippen MR) is 72.3 cm³/mol. The van der Waals surface area contributed by atoms with Crippen LogP contribution in [0.3, 0.4) is 0 Å². The van der Waals surface area contributed by atoms with Gasteiger partial charge in [0.05, 0.1) is 5.10 Å². The first-order valence-electron chi connectivity index (χ1n) is 6.29. The standard InChI is InChI=1S/C12H15N5O4/c1-9-4-2-5-10(8-9)15-14-12(17(20)21)11(16(15)19)13-6-3-7-18/h2,4-5,8,18-19H,3,6-7H2,1H3. The highest BCUT2D eigenvalue weighted by molar-refractivity contribution is 5.34. The molecular weight excluding hydrogens is 278 g/mol. The molecule has 0 radical (unpaired) electrons. The van der Waals surface area contributed by atoms with Gasteiger partial charge in [-0.25, -0.2) is 0 Å². The van der Waals surface area contributed by atoms with Crippen LogP contribution in [0, 0.1) is 17.0 Å². The van der Waals surface area contributed by atoms with Crippen LogP contribution in [0.1, 0.15) is 12.0 Å². The monoisotopic (exact) mass is 293 g/mol. The SMILES string of the molecule is Cc1cccc(-n2nc([N+](=O)[O-])c(=NCCCO)n2O)c1. The van der Waals surface area contributed by atoms with E-state index in [9.17, 15) is 15.3 Å². The first kappa shape index (κ1) is 14.7. The number of nitro groups is 1. The fraction of sp³-hybridized carbons (Fsp3) is 0.333. The van der Waals surface area contributed by atoms with Crippen LogP contribution in [-0.4, -0.2) is 43.1 Å². The van der Waals surface area contributed by atoms with Crippen molar-refractivity contribution in [2.24, 2.45) is 4.99 Å². The zero-order chi connectivity index (χ0) is 15.4. The lowest BCUT2D eigenvalue weighted by Gasteiger charge is -2.00. The molecule has 1 heterocycles. The minimum Gasteiger partial charge on any atom is -0.409 e. The molecule has 0 spiro atoms. The fourth-order valence-electron chi connectivity index (χ4n) is 1.78. The highest BCUT2D eigenvalue weighted by Gasteiger charge is 2.23. The molecule has 2 aromatic rings. The number of hydrogen-bond donors (Lipinski definition) is 2. The number of aliphatic hydroxyl groups excluding tert-OH is 1. The van der Waals surface area contributed by atoms with Crippen LogP contribution >= 0.6 is 0 Å². The first-order chi connectivity index (χ1) is 10.0. The molecule has 0 bridgehead atoms. The van der Waals surface area contributed by atoms with Gasteiger partial charge in [0.2, 0.25) is 0 Å². The Morgan fingerprint density at radius 3 is 2.86 bits per heavy atom. The molecule has 1 aromatic heterocycles. The van der Waals surface area contributed by atoms with Gasteiger partial charge in [-0.05, 0) is 40.8 Å². The predicted octanol–water partition coefficient (Wildman–Crippen LogP) is 0.411. The van der Waals surface area contributed by atoms with E-state index in [1.54, 1.807) is 18.2 Å². The Balaban J connectivity index is 2.57. The third-order valence-corrected chi connectivity index (χ3v) is 2.74. The van der Waals surface area contributed by atoms with E-state index in [-0.39, 0.29) is 18.6 Å². The highest BCUT2D eigenvalue weighted by atomic mass is 16.6. The van der Waals surface area contributed by atoms with Gasteiger partial charge < -0.3 is 20.4 Å². The van der Waals surface area contributed by atoms with Crippen molar-refractivity contribution < 1.29 is 15.2 Å². The van der Waals surface area contributed by atoms with Gasteiger partial charge in [0.25, 0.3) is 5.49 Å². The highest BCUT2D eigenvalue weighted by Crippen LogP contribution is 2.10. The third-order valence-electron chi connectivity index (χ3n) is 2.74. The lowest BCUT2D eigenvalue weighted by molar-refractivity contribution is -0.391. The molecule has 0 unspecified atom stereocenters. The molecule has 0 saturated carbocycles. The second kappa shape index (κ2) is 6.18. The van der Waals surface area contributed by atoms with E-state index < -0.39 is 10.7 Å². The molecule has 9 nitrogen and oxygen atoms in total. The molecule has 0 atom stereocenters. The summed E-state index contributed by atoms with van der Waals surface area (Å²) in [6, 6.07) is 6.99. The molecule has 0 amide bonds. The Kier molecular flexibility index (Phi) is 4.33. The molecule has 21 heavy (non-hydrogen) atoms. The molecule has 0 fully saturated rings. The second-order valence-corrected chi connectivity index (χ2v) is 4.38. The molecule has 0 aliphatic heterocycles. The zero-order valence-corrected chi connectivity index (χ0v) is 11.4. The number of hydrogen-bond acceptors (Lipinski definition) is 6. The van der Waals surface area contributed by atoms with Crippen LogP contribution in [0.5, 0.6) is 0 Å². The molecule has 9 heteroatoms. The van der Waals surface area contributed by atoms with Crippen molar-refractivity contribution in [3.8, 4) is 5.69 Å². The minimum atomic E-state index is -0.712. The van der Waals surface area contributed by atoms with Crippen LogP contribution in [-0.2, 0) is 0 Å². The summed E-state index contributed by atoms with van der Waals surface area (Å²) in [6.07, 6.45) is 0.340. The summed E-state index contributed by atoms with van der Waals surface area (Å²) in [7, 11) is 0. The molecular formula is C12H15N5O4. The quantitative estimate of drug-likeness (QED) is 0.358. The Morgan fingerprint density at radius 2 is 2.24 bits per heavy atom. The molecule has 112 valence electrons. The van der Waals surface area contributed by atoms with Crippen LogP contribution in [0.2, 0.25) is 0 Å². The second-order valence-electron chi connectivity index (χ2n) is 4.38. The van der Waals surface area contributed by atoms with Gasteiger partial charge in [-0.1, -0.05) is 17.0 Å². The molecule has 0 aliphatic rings. The summed E-state index contributed by atoms with van der Waals surface area (Å²) < 4.78 is 0. The van der Waals surface area contributed by atoms with E-state index in [4.69, 9.17) is 5.11 Å². The number of nitrogens with zero attached hydrogens (tertiary/aromatic N) is 5. The zero-order valence-electron chi connectivity index (χ0n) is 11.4. The number of aliphatic hydroxyl groups is 1. The smallest absolute Gasteiger partial charge is 0.409 e. The summed E-state index contributed by atoms with van der Waals surface area (Å²) in [5.74, 6) is -0.544. The topological polar surface area (TPSA) is 119 Å². The van der Waals surface area contributed by atoms with Crippen LogP contribution in [0.25, 0.3) is 5.69 Å². The van der Waals surface area contributed by atoms with Gasteiger partial charge >= 0.3 is 5.82 Å². The molecule has 2 N–H and O–H groups in total. The van der Waals surface area contributed by atoms with Crippen LogP contribution in [0.4, 0.5) is 5.82 Å². The van der Waals surface area contributed by atoms with Gasteiger partial charge in [-0.15, -0.1) is 0 Å². The molecule has 0 aliphatic carbocycles. The summed E-state index contributed by atoms with van der Waals surface area (Å²) in [6.45, 7) is 1.92. The summed E-state index contributed by atoms with van der Waals surface area (Å²) in [5, 5.41) is 33.6. The molecule has 2 rings (SSSR count).